The number of rotatable bonds is 2. The van der Waals surface area contributed by atoms with Crippen LogP contribution in [0.2, 0.25) is 0 Å². The molecule has 0 saturated carbocycles. The van der Waals surface area contributed by atoms with Crippen LogP contribution in [-0.2, 0) is 0 Å². The third-order valence-corrected chi connectivity index (χ3v) is 3.02. The van der Waals surface area contributed by atoms with Gasteiger partial charge in [0.05, 0.1) is 16.9 Å². The van der Waals surface area contributed by atoms with E-state index in [2.05, 4.69) is 9.97 Å². The Morgan fingerprint density at radius 1 is 1.50 bits per heavy atom. The van der Waals surface area contributed by atoms with Gasteiger partial charge in [0.25, 0.3) is 6.43 Å². The Labute approximate surface area is 93.8 Å². The van der Waals surface area contributed by atoms with Crippen LogP contribution in [0.1, 0.15) is 16.7 Å². The summed E-state index contributed by atoms with van der Waals surface area (Å²) in [6.07, 6.45) is -3.55. The minimum absolute atomic E-state index is 0.0330. The van der Waals surface area contributed by atoms with Crippen LogP contribution in [0.25, 0.3) is 10.3 Å². The first-order valence-corrected chi connectivity index (χ1v) is 5.30. The summed E-state index contributed by atoms with van der Waals surface area (Å²) in [7, 11) is 0. The summed E-state index contributed by atoms with van der Waals surface area (Å²) in [5.41, 5.74) is 5.80. The summed E-state index contributed by atoms with van der Waals surface area (Å²) in [6, 6.07) is 0. The van der Waals surface area contributed by atoms with Crippen molar-refractivity contribution in [2.75, 3.05) is 5.73 Å². The molecule has 2 heterocycles. The molecule has 1 atom stereocenters. The van der Waals surface area contributed by atoms with Crippen molar-refractivity contribution in [2.45, 2.75) is 19.5 Å². The molecule has 2 rings (SSSR count). The molecule has 0 aliphatic heterocycles. The monoisotopic (exact) mass is 245 g/mol. The van der Waals surface area contributed by atoms with Crippen LogP contribution in [0.4, 0.5) is 14.5 Å². The molecule has 0 aliphatic rings. The van der Waals surface area contributed by atoms with Gasteiger partial charge in [-0.1, -0.05) is 11.3 Å². The molecule has 0 radical (unpaired) electrons. The lowest BCUT2D eigenvalue weighted by Gasteiger charge is -2.12. The van der Waals surface area contributed by atoms with Gasteiger partial charge in [-0.25, -0.2) is 18.7 Å². The van der Waals surface area contributed by atoms with E-state index in [0.717, 1.165) is 0 Å². The van der Waals surface area contributed by atoms with E-state index in [1.807, 2.05) is 0 Å². The number of aliphatic hydroxyl groups is 1. The molecule has 0 amide bonds. The van der Waals surface area contributed by atoms with Gasteiger partial charge in [0, 0.05) is 5.56 Å². The molecule has 2 aromatic heterocycles. The van der Waals surface area contributed by atoms with Crippen LogP contribution in [0, 0.1) is 6.92 Å². The highest BCUT2D eigenvalue weighted by molar-refractivity contribution is 7.18. The summed E-state index contributed by atoms with van der Waals surface area (Å²) < 4.78 is 25.0. The van der Waals surface area contributed by atoms with Gasteiger partial charge in [-0.3, -0.25) is 0 Å². The summed E-state index contributed by atoms with van der Waals surface area (Å²) >= 11 is 1.27. The Balaban J connectivity index is 2.69. The van der Waals surface area contributed by atoms with Crippen LogP contribution in [-0.4, -0.2) is 21.5 Å². The Bertz CT molecular complexity index is 529. The van der Waals surface area contributed by atoms with Gasteiger partial charge >= 0.3 is 0 Å². The zero-order valence-electron chi connectivity index (χ0n) is 8.32. The van der Waals surface area contributed by atoms with Crippen molar-refractivity contribution >= 4 is 27.4 Å². The standard InChI is InChI=1S/C9H9F2N3OS/c1-3-14-6-5(7(15)8(10)11)4(12)2-13-9(6)16-3/h2,7-8,15H,12H2,1H3. The number of fused-ring (bicyclic) bond motifs is 1. The van der Waals surface area contributed by atoms with Crippen LogP contribution >= 0.6 is 11.3 Å². The highest BCUT2D eigenvalue weighted by atomic mass is 32.1. The quantitative estimate of drug-likeness (QED) is 0.847. The zero-order chi connectivity index (χ0) is 11.9. The predicted molar refractivity (Wildman–Crippen MR) is 57.5 cm³/mol. The van der Waals surface area contributed by atoms with Gasteiger partial charge in [-0.15, -0.1) is 0 Å². The number of halogens is 2. The van der Waals surface area contributed by atoms with Crippen molar-refractivity contribution in [2.24, 2.45) is 0 Å². The predicted octanol–water partition coefficient (Wildman–Crippen LogP) is 1.88. The summed E-state index contributed by atoms with van der Waals surface area (Å²) in [5, 5.41) is 10.1. The van der Waals surface area contributed by atoms with Crippen molar-refractivity contribution in [3.63, 3.8) is 0 Å². The second-order valence-electron chi connectivity index (χ2n) is 3.29. The van der Waals surface area contributed by atoms with Gasteiger partial charge in [-0.05, 0) is 6.92 Å². The van der Waals surface area contributed by atoms with Crippen molar-refractivity contribution in [1.29, 1.82) is 0 Å². The number of hydrogen-bond donors (Lipinski definition) is 2. The lowest BCUT2D eigenvalue weighted by molar-refractivity contribution is -0.00465. The topological polar surface area (TPSA) is 72.0 Å². The third kappa shape index (κ3) is 1.72. The number of nitrogens with two attached hydrogens (primary N) is 1. The smallest absolute Gasteiger partial charge is 0.268 e. The first kappa shape index (κ1) is 11.2. The first-order chi connectivity index (χ1) is 7.50. The van der Waals surface area contributed by atoms with E-state index in [4.69, 9.17) is 5.73 Å². The van der Waals surface area contributed by atoms with Gasteiger partial charge in [-0.2, -0.15) is 0 Å². The fourth-order valence-electron chi connectivity index (χ4n) is 1.45. The lowest BCUT2D eigenvalue weighted by atomic mass is 10.1. The largest absolute Gasteiger partial charge is 0.397 e. The molecule has 0 bridgehead atoms. The molecule has 0 spiro atoms. The third-order valence-electron chi connectivity index (χ3n) is 2.14. The number of thiazole rings is 1. The minimum atomic E-state index is -2.89. The molecular weight excluding hydrogens is 236 g/mol. The SMILES string of the molecule is Cc1nc2c(C(O)C(F)F)c(N)cnc2s1. The summed E-state index contributed by atoms with van der Waals surface area (Å²) in [4.78, 5) is 8.54. The number of nitrogens with zero attached hydrogens (tertiary/aromatic N) is 2. The summed E-state index contributed by atoms with van der Waals surface area (Å²) in [5.74, 6) is 0. The maximum absolute atomic E-state index is 12.5. The van der Waals surface area contributed by atoms with Gasteiger partial charge in [0.2, 0.25) is 0 Å². The second kappa shape index (κ2) is 3.91. The van der Waals surface area contributed by atoms with E-state index < -0.39 is 12.5 Å². The molecule has 0 aromatic carbocycles. The van der Waals surface area contributed by atoms with E-state index in [9.17, 15) is 13.9 Å². The van der Waals surface area contributed by atoms with Crippen LogP contribution < -0.4 is 5.73 Å². The van der Waals surface area contributed by atoms with E-state index >= 15 is 0 Å². The molecular formula is C9H9F2N3OS. The Morgan fingerprint density at radius 2 is 2.19 bits per heavy atom. The van der Waals surface area contributed by atoms with E-state index in [1.165, 1.54) is 17.5 Å². The normalized spacial score (nSPS) is 13.6. The van der Waals surface area contributed by atoms with E-state index in [-0.39, 0.29) is 16.8 Å². The van der Waals surface area contributed by atoms with Crippen molar-refractivity contribution in [1.82, 2.24) is 9.97 Å². The average molecular weight is 245 g/mol. The van der Waals surface area contributed by atoms with Crippen LogP contribution in [0.5, 0.6) is 0 Å². The maximum Gasteiger partial charge on any atom is 0.268 e. The fourth-order valence-corrected chi connectivity index (χ4v) is 2.22. The highest BCUT2D eigenvalue weighted by Crippen LogP contribution is 2.33. The molecule has 0 fully saturated rings. The fraction of sp³-hybridized carbons (Fsp3) is 0.333. The number of hydrogen-bond acceptors (Lipinski definition) is 5. The minimum Gasteiger partial charge on any atom is -0.397 e. The number of nitrogen functional groups attached to an aromatic ring is 1. The number of pyridine rings is 1. The number of aliphatic hydroxyl groups excluding tert-OH is 1. The molecule has 7 heteroatoms. The highest BCUT2D eigenvalue weighted by Gasteiger charge is 2.25. The maximum atomic E-state index is 12.5. The van der Waals surface area contributed by atoms with E-state index in [0.29, 0.717) is 9.84 Å². The van der Waals surface area contributed by atoms with Crippen LogP contribution in [0.15, 0.2) is 6.20 Å². The molecule has 3 N–H and O–H groups in total. The number of aryl methyl sites for hydroxylation is 1. The number of aromatic nitrogens is 2. The van der Waals surface area contributed by atoms with E-state index in [1.54, 1.807) is 6.92 Å². The molecule has 1 unspecified atom stereocenters. The van der Waals surface area contributed by atoms with Gasteiger partial charge < -0.3 is 10.8 Å². The van der Waals surface area contributed by atoms with Gasteiger partial charge in [0.1, 0.15) is 16.5 Å². The molecule has 16 heavy (non-hydrogen) atoms. The Kier molecular flexibility index (Phi) is 2.73. The van der Waals surface area contributed by atoms with Crippen molar-refractivity contribution < 1.29 is 13.9 Å². The Hall–Kier alpha value is -1.34. The molecule has 4 nitrogen and oxygen atoms in total. The zero-order valence-corrected chi connectivity index (χ0v) is 9.13. The lowest BCUT2D eigenvalue weighted by Crippen LogP contribution is -2.11. The molecule has 0 saturated heterocycles. The number of alkyl halides is 2. The van der Waals surface area contributed by atoms with Crippen LogP contribution in [0.3, 0.4) is 0 Å². The average Bonchev–Trinajstić information content (AvgIpc) is 2.57. The summed E-state index contributed by atoms with van der Waals surface area (Å²) in [6.45, 7) is 1.74. The second-order valence-corrected chi connectivity index (χ2v) is 4.47. The van der Waals surface area contributed by atoms with Gasteiger partial charge in [0.15, 0.2) is 0 Å². The van der Waals surface area contributed by atoms with Crippen molar-refractivity contribution in [3.8, 4) is 0 Å². The Morgan fingerprint density at radius 3 is 2.81 bits per heavy atom. The van der Waals surface area contributed by atoms with Crippen molar-refractivity contribution in [3.05, 3.63) is 16.8 Å². The molecule has 2 aromatic rings. The first-order valence-electron chi connectivity index (χ1n) is 4.48. The number of anilines is 1. The molecule has 86 valence electrons. The molecule has 0 aliphatic carbocycles.